The minimum Gasteiger partial charge on any atom is -0.480 e. The number of aliphatic carboxylic acids is 2. The van der Waals surface area contributed by atoms with Crippen molar-refractivity contribution in [3.05, 3.63) is 72.0 Å². The Morgan fingerprint density at radius 1 is 0.829 bits per heavy atom. The number of benzene rings is 1. The molecule has 0 aliphatic carbocycles. The molecule has 70 heavy (non-hydrogen) atoms. The first-order valence-corrected chi connectivity index (χ1v) is 23.1. The molecule has 0 radical (unpaired) electrons. The maximum absolute atomic E-state index is 14.3. The highest BCUT2D eigenvalue weighted by Gasteiger charge is 2.37. The molecular formula is C48H72N10O12. The number of guanidine groups is 1. The predicted molar refractivity (Wildman–Crippen MR) is 260 cm³/mol. The van der Waals surface area contributed by atoms with Crippen LogP contribution >= 0.6 is 0 Å². The van der Waals surface area contributed by atoms with Crippen LogP contribution in [0.5, 0.6) is 0 Å². The molecule has 0 saturated carbocycles. The van der Waals surface area contributed by atoms with Crippen LogP contribution in [0.1, 0.15) is 86.1 Å². The number of nitrogens with one attached hydrogen (secondary N) is 7. The van der Waals surface area contributed by atoms with E-state index in [1.165, 1.54) is 26.8 Å². The number of carbonyl (C=O) groups excluding carboxylic acids is 7. The van der Waals surface area contributed by atoms with Crippen molar-refractivity contribution in [2.24, 2.45) is 40.1 Å². The lowest BCUT2D eigenvalue weighted by molar-refractivity contribution is -0.146. The molecule has 1 aromatic rings. The highest BCUT2D eigenvalue weighted by Crippen LogP contribution is 2.19. The van der Waals surface area contributed by atoms with E-state index in [2.05, 4.69) is 48.8 Å². The van der Waals surface area contributed by atoms with Gasteiger partial charge < -0.3 is 63.6 Å². The van der Waals surface area contributed by atoms with E-state index >= 15 is 0 Å². The quantitative estimate of drug-likeness (QED) is 0.0370. The van der Waals surface area contributed by atoms with Crippen molar-refractivity contribution >= 4 is 59.2 Å². The van der Waals surface area contributed by atoms with Gasteiger partial charge in [0.15, 0.2) is 5.96 Å². The molecule has 2 rings (SSSR count). The molecule has 386 valence electrons. The number of nitrogens with two attached hydrogens (primary N) is 2. The van der Waals surface area contributed by atoms with Gasteiger partial charge in [-0.25, -0.2) is 9.59 Å². The van der Waals surface area contributed by atoms with Crippen LogP contribution in [0.15, 0.2) is 71.4 Å². The molecule has 0 bridgehead atoms. The van der Waals surface area contributed by atoms with Gasteiger partial charge in [0.2, 0.25) is 35.4 Å². The van der Waals surface area contributed by atoms with E-state index in [-0.39, 0.29) is 49.7 Å². The van der Waals surface area contributed by atoms with Crippen LogP contribution in [-0.4, -0.2) is 125 Å². The number of hydrogen-bond acceptors (Lipinski definition) is 11. The molecule has 10 atom stereocenters. The Balaban J connectivity index is 2.70. The van der Waals surface area contributed by atoms with Crippen LogP contribution < -0.4 is 48.7 Å². The van der Waals surface area contributed by atoms with Crippen molar-refractivity contribution in [2.45, 2.75) is 129 Å². The summed E-state index contributed by atoms with van der Waals surface area (Å²) >= 11 is 0. The molecule has 1 aromatic carbocycles. The van der Waals surface area contributed by atoms with E-state index in [0.717, 1.165) is 5.56 Å². The average molecular weight is 981 g/mol. The predicted octanol–water partition coefficient (Wildman–Crippen LogP) is 0.276. The van der Waals surface area contributed by atoms with Crippen LogP contribution in [0.25, 0.3) is 0 Å². The van der Waals surface area contributed by atoms with Gasteiger partial charge in [0.1, 0.15) is 30.2 Å². The maximum Gasteiger partial charge on any atom is 0.327 e. The molecule has 7 amide bonds. The molecule has 22 nitrogen and oxygen atoms in total. The van der Waals surface area contributed by atoms with Crippen LogP contribution in [0, 0.1) is 23.7 Å². The number of aliphatic imine (C=N–C) groups is 1. The Morgan fingerprint density at radius 3 is 2.03 bits per heavy atom. The monoisotopic (exact) mass is 981 g/mol. The zero-order valence-corrected chi connectivity index (χ0v) is 41.2. The van der Waals surface area contributed by atoms with Crippen LogP contribution in [-0.2, 0) is 54.3 Å². The number of nitrogens with zero attached hydrogens (tertiary/aromatic N) is 1. The number of hydrogen-bond donors (Lipinski definition) is 11. The lowest BCUT2D eigenvalue weighted by Gasteiger charge is -2.28. The van der Waals surface area contributed by atoms with Gasteiger partial charge in [0, 0.05) is 26.0 Å². The number of amides is 7. The molecule has 0 spiro atoms. The molecule has 1 aliphatic rings. The van der Waals surface area contributed by atoms with Gasteiger partial charge in [-0.05, 0) is 57.4 Å². The van der Waals surface area contributed by atoms with Crippen molar-refractivity contribution in [1.82, 2.24) is 37.2 Å². The fourth-order valence-electron chi connectivity index (χ4n) is 7.28. The van der Waals surface area contributed by atoms with Gasteiger partial charge in [0.25, 0.3) is 5.91 Å². The molecule has 22 heteroatoms. The van der Waals surface area contributed by atoms with Gasteiger partial charge >= 0.3 is 11.9 Å². The minimum absolute atomic E-state index is 0.00493. The summed E-state index contributed by atoms with van der Waals surface area (Å²) in [6.07, 6.45) is 4.59. The summed E-state index contributed by atoms with van der Waals surface area (Å²) in [6.45, 7) is 14.7. The van der Waals surface area contributed by atoms with Crippen molar-refractivity contribution in [1.29, 1.82) is 0 Å². The lowest BCUT2D eigenvalue weighted by Crippen LogP contribution is -2.59. The fourth-order valence-corrected chi connectivity index (χ4v) is 7.28. The van der Waals surface area contributed by atoms with E-state index in [0.29, 0.717) is 12.0 Å². The number of carboxylic acids is 2. The molecule has 1 aliphatic heterocycles. The topological polar surface area (TPSA) is 352 Å². The second kappa shape index (κ2) is 29.0. The summed E-state index contributed by atoms with van der Waals surface area (Å²) in [5.41, 5.74) is 12.3. The van der Waals surface area contributed by atoms with E-state index in [4.69, 9.17) is 16.2 Å². The summed E-state index contributed by atoms with van der Waals surface area (Å²) in [5.74, 6) is -12.7. The Labute approximate surface area is 408 Å². The van der Waals surface area contributed by atoms with Crippen molar-refractivity contribution in [3.8, 4) is 0 Å². The minimum atomic E-state index is -1.88. The van der Waals surface area contributed by atoms with Crippen LogP contribution in [0.3, 0.4) is 0 Å². The second-order valence-electron chi connectivity index (χ2n) is 17.9. The van der Waals surface area contributed by atoms with Gasteiger partial charge in [0.05, 0.1) is 29.7 Å². The van der Waals surface area contributed by atoms with E-state index < -0.39 is 120 Å². The summed E-state index contributed by atoms with van der Waals surface area (Å²) in [7, 11) is 1.61. The molecule has 1 fully saturated rings. The van der Waals surface area contributed by atoms with E-state index in [9.17, 15) is 53.4 Å². The highest BCUT2D eigenvalue weighted by molar-refractivity contribution is 6.00. The lowest BCUT2D eigenvalue weighted by atomic mass is 9.94. The van der Waals surface area contributed by atoms with Crippen molar-refractivity contribution in [2.75, 3.05) is 13.7 Å². The summed E-state index contributed by atoms with van der Waals surface area (Å²) in [5, 5.41) is 37.5. The second-order valence-corrected chi connectivity index (χ2v) is 17.9. The smallest absolute Gasteiger partial charge is 0.327 e. The number of methoxy groups -OCH3 is 1. The third-order valence-electron chi connectivity index (χ3n) is 11.5. The number of rotatable bonds is 15. The largest absolute Gasteiger partial charge is 0.480 e. The first-order chi connectivity index (χ1) is 32.8. The maximum atomic E-state index is 14.3. The van der Waals surface area contributed by atoms with E-state index in [1.54, 1.807) is 34.0 Å². The number of allylic oxidation sites excluding steroid dienone is 2. The Morgan fingerprint density at radius 2 is 1.44 bits per heavy atom. The molecule has 0 aromatic heterocycles. The first-order valence-electron chi connectivity index (χ1n) is 23.1. The Hall–Kier alpha value is -7.10. The van der Waals surface area contributed by atoms with Gasteiger partial charge in [-0.1, -0.05) is 95.3 Å². The van der Waals surface area contributed by atoms with Gasteiger partial charge in [-0.3, -0.25) is 38.6 Å². The summed E-state index contributed by atoms with van der Waals surface area (Å²) in [4.78, 5) is 124. The van der Waals surface area contributed by atoms with Gasteiger partial charge in [-0.2, -0.15) is 0 Å². The molecule has 1 saturated heterocycles. The van der Waals surface area contributed by atoms with Crippen molar-refractivity contribution in [3.63, 3.8) is 0 Å². The van der Waals surface area contributed by atoms with Crippen LogP contribution in [0.2, 0.25) is 0 Å². The number of ether oxygens (including phenoxy) is 1. The highest BCUT2D eigenvalue weighted by atomic mass is 16.5. The average Bonchev–Trinajstić information content (AvgIpc) is 3.29. The summed E-state index contributed by atoms with van der Waals surface area (Å²) < 4.78 is 5.81. The molecular weight excluding hydrogens is 909 g/mol. The Kier molecular flexibility index (Phi) is 24.5. The number of carboxylic acid groups (broad SMARTS) is 2. The first kappa shape index (κ1) is 59.0. The zero-order chi connectivity index (χ0) is 52.8. The Bertz CT molecular complexity index is 2120. The van der Waals surface area contributed by atoms with Crippen molar-refractivity contribution < 1.29 is 58.1 Å². The zero-order valence-electron chi connectivity index (χ0n) is 41.2. The SMILES string of the molecule is C=C1NC(=O)CC[C@H](C(=O)O)NC(=O)[C@@H](C)C(/C=C/C(C)=C/[C@H](C)[C@H](Cc2ccccc2)OC)NC(=O)C(CCCN=C(N)N)NC(=O)[C@@H](C)C(C(=O)O)NC(=O)[C@H](CC(C)C)NC(=O)[C@@H](C)NC1=O. The standard InChI is InChI=1S/C48H72N10O12/c1-25(2)22-36-45(65)58-39(47(68)69)29(6)41(61)55-34(16-13-21-51-48(49)50)44(64)54-33(18-17-26(3)23-27(4)37(70-9)24-32-14-11-10-12-15-32)28(5)40(60)56-35(46(66)67)19-20-38(59)52-30(7)42(62)53-31(8)43(63)57-36/h10-12,14-15,17-18,23,25,27-29,31,33-37,39H,7,13,16,19-22,24H2,1-6,8-9H3,(H,52,59)(H,53,62)(H,54,64)(H,55,61)(H,56,60)(H,57,63)(H,58,65)(H,66,67)(H,68,69)(H4,49,50,51)/b18-17+,26-23+/t27-,28-,29-,31+,33?,34?,35+,36-,37-,39?/m0/s1. The molecule has 13 N–H and O–H groups in total. The fraction of sp³-hybridized carbons (Fsp3) is 0.542. The van der Waals surface area contributed by atoms with Crippen LogP contribution in [0.4, 0.5) is 0 Å². The summed E-state index contributed by atoms with van der Waals surface area (Å²) in [6, 6.07) is 0.990. The normalized spacial score (nSPS) is 25.4. The molecule has 1 heterocycles. The third kappa shape index (κ3) is 20.2. The third-order valence-corrected chi connectivity index (χ3v) is 11.5. The number of carbonyl (C=O) groups is 9. The molecule has 3 unspecified atom stereocenters. The van der Waals surface area contributed by atoms with E-state index in [1.807, 2.05) is 43.3 Å². The van der Waals surface area contributed by atoms with Gasteiger partial charge in [-0.15, -0.1) is 0 Å².